The quantitative estimate of drug-likeness (QED) is 0.631. The molecule has 7 heteroatoms. The summed E-state index contributed by atoms with van der Waals surface area (Å²) < 4.78 is 7.25. The van der Waals surface area contributed by atoms with Crippen LogP contribution in [0.1, 0.15) is 22.5 Å². The summed E-state index contributed by atoms with van der Waals surface area (Å²) in [5.41, 5.74) is 3.67. The largest absolute Gasteiger partial charge is 0.497 e. The molecule has 0 N–H and O–H groups in total. The summed E-state index contributed by atoms with van der Waals surface area (Å²) in [5, 5.41) is 5.53. The fourth-order valence-corrected chi connectivity index (χ4v) is 3.97. The zero-order valence-corrected chi connectivity index (χ0v) is 16.8. The molecular weight excluding hydrogens is 372 g/mol. The monoisotopic (exact) mass is 394 g/mol. The maximum atomic E-state index is 13.1. The Bertz CT molecular complexity index is 984. The van der Waals surface area contributed by atoms with Crippen LogP contribution in [0.15, 0.2) is 53.7 Å². The van der Waals surface area contributed by atoms with Gasteiger partial charge in [-0.15, -0.1) is 11.8 Å². The fraction of sp³-hybridized carbons (Fsp3) is 0.286. The minimum absolute atomic E-state index is 0.0260. The molecule has 0 saturated carbocycles. The molecule has 0 spiro atoms. The van der Waals surface area contributed by atoms with Crippen molar-refractivity contribution in [3.8, 4) is 17.0 Å². The van der Waals surface area contributed by atoms with E-state index in [2.05, 4.69) is 11.1 Å². The molecular formula is C21H22N4O2S. The van der Waals surface area contributed by atoms with Gasteiger partial charge in [0.2, 0.25) is 0 Å². The molecule has 0 aliphatic carbocycles. The van der Waals surface area contributed by atoms with Crippen LogP contribution >= 0.6 is 11.8 Å². The van der Waals surface area contributed by atoms with Gasteiger partial charge >= 0.3 is 0 Å². The maximum Gasteiger partial charge on any atom is 0.256 e. The Kier molecular flexibility index (Phi) is 5.34. The third kappa shape index (κ3) is 3.62. The Morgan fingerprint density at radius 1 is 1.18 bits per heavy atom. The number of carbonyl (C=O) groups is 1. The Morgan fingerprint density at radius 2 is 2.00 bits per heavy atom. The first-order valence-corrected chi connectivity index (χ1v) is 10.4. The Labute approximate surface area is 168 Å². The molecule has 0 unspecified atom stereocenters. The molecule has 1 aromatic carbocycles. The smallest absolute Gasteiger partial charge is 0.256 e. The van der Waals surface area contributed by atoms with Crippen LogP contribution < -0.4 is 4.74 Å². The summed E-state index contributed by atoms with van der Waals surface area (Å²) in [6.45, 7) is 2.06. The van der Waals surface area contributed by atoms with Gasteiger partial charge in [0, 0.05) is 24.8 Å². The number of benzene rings is 1. The first-order valence-electron chi connectivity index (χ1n) is 9.19. The Balaban J connectivity index is 1.59. The highest BCUT2D eigenvalue weighted by atomic mass is 32.2. The molecule has 3 heterocycles. The van der Waals surface area contributed by atoms with Crippen molar-refractivity contribution in [1.82, 2.24) is 19.7 Å². The normalized spacial score (nSPS) is 13.7. The third-order valence-corrected chi connectivity index (χ3v) is 5.59. The number of aryl methyl sites for hydroxylation is 1. The van der Waals surface area contributed by atoms with Gasteiger partial charge in [-0.2, -0.15) is 5.10 Å². The number of thioether (sulfide) groups is 1. The molecule has 0 radical (unpaired) electrons. The van der Waals surface area contributed by atoms with Crippen LogP contribution in [-0.2, 0) is 13.1 Å². The third-order valence-electron chi connectivity index (χ3n) is 4.88. The van der Waals surface area contributed by atoms with Crippen LogP contribution in [0.4, 0.5) is 0 Å². The van der Waals surface area contributed by atoms with E-state index in [1.807, 2.05) is 52.2 Å². The van der Waals surface area contributed by atoms with Crippen molar-refractivity contribution in [2.24, 2.45) is 0 Å². The lowest BCUT2D eigenvalue weighted by atomic mass is 10.1. The van der Waals surface area contributed by atoms with Crippen molar-refractivity contribution in [2.75, 3.05) is 19.9 Å². The molecule has 0 atom stereocenters. The van der Waals surface area contributed by atoms with E-state index in [1.54, 1.807) is 13.3 Å². The van der Waals surface area contributed by atoms with E-state index in [-0.39, 0.29) is 5.91 Å². The molecule has 28 heavy (non-hydrogen) atoms. The molecule has 1 amide bonds. The highest BCUT2D eigenvalue weighted by Crippen LogP contribution is 2.25. The summed E-state index contributed by atoms with van der Waals surface area (Å²) >= 11 is 1.50. The van der Waals surface area contributed by atoms with Gasteiger partial charge in [-0.25, -0.2) is 4.98 Å². The van der Waals surface area contributed by atoms with E-state index in [9.17, 15) is 4.79 Å². The van der Waals surface area contributed by atoms with E-state index in [1.165, 1.54) is 11.8 Å². The number of nitrogens with zero attached hydrogens (tertiary/aromatic N) is 4. The van der Waals surface area contributed by atoms with Crippen molar-refractivity contribution in [3.63, 3.8) is 0 Å². The number of pyridine rings is 1. The van der Waals surface area contributed by atoms with Crippen molar-refractivity contribution in [2.45, 2.75) is 24.5 Å². The van der Waals surface area contributed by atoms with Crippen LogP contribution in [0.25, 0.3) is 11.3 Å². The second kappa shape index (κ2) is 8.06. The molecule has 0 fully saturated rings. The van der Waals surface area contributed by atoms with Gasteiger partial charge in [-0.3, -0.25) is 9.48 Å². The molecule has 2 aromatic heterocycles. The van der Waals surface area contributed by atoms with Gasteiger partial charge in [-0.1, -0.05) is 0 Å². The van der Waals surface area contributed by atoms with Crippen molar-refractivity contribution < 1.29 is 9.53 Å². The van der Waals surface area contributed by atoms with Crippen molar-refractivity contribution in [3.05, 3.63) is 59.9 Å². The predicted octanol–water partition coefficient (Wildman–Crippen LogP) is 3.72. The van der Waals surface area contributed by atoms with Crippen LogP contribution in [0.5, 0.6) is 5.75 Å². The van der Waals surface area contributed by atoms with Gasteiger partial charge in [0.15, 0.2) is 0 Å². The number of methoxy groups -OCH3 is 1. The van der Waals surface area contributed by atoms with E-state index >= 15 is 0 Å². The lowest BCUT2D eigenvalue weighted by molar-refractivity contribution is 0.0741. The average Bonchev–Trinajstić information content (AvgIpc) is 3.04. The summed E-state index contributed by atoms with van der Waals surface area (Å²) in [6.07, 6.45) is 4.54. The second-order valence-electron chi connectivity index (χ2n) is 6.61. The number of hydrogen-bond donors (Lipinski definition) is 0. The number of aromatic nitrogens is 3. The van der Waals surface area contributed by atoms with Crippen LogP contribution in [0, 0.1) is 0 Å². The van der Waals surface area contributed by atoms with Crippen LogP contribution in [-0.4, -0.2) is 45.5 Å². The summed E-state index contributed by atoms with van der Waals surface area (Å²) in [5.74, 6) is 0.848. The lowest BCUT2D eigenvalue weighted by Crippen LogP contribution is -2.31. The van der Waals surface area contributed by atoms with Crippen molar-refractivity contribution >= 4 is 17.7 Å². The van der Waals surface area contributed by atoms with Gasteiger partial charge in [0.05, 0.1) is 30.6 Å². The Hall–Kier alpha value is -2.80. The van der Waals surface area contributed by atoms with Gasteiger partial charge < -0.3 is 9.64 Å². The maximum absolute atomic E-state index is 13.1. The molecule has 144 valence electrons. The highest BCUT2D eigenvalue weighted by molar-refractivity contribution is 7.98. The number of ether oxygens (including phenoxy) is 1. The molecule has 4 rings (SSSR count). The molecule has 1 aliphatic rings. The van der Waals surface area contributed by atoms with E-state index in [0.29, 0.717) is 18.7 Å². The molecule has 0 bridgehead atoms. The minimum Gasteiger partial charge on any atom is -0.497 e. The standard InChI is InChI=1S/C21H22N4O2S/c1-27-17-8-6-15(7-9-17)19-13-16-14-24(11-4-12-25(16)23-19)21(26)18-5-3-10-22-20(18)28-2/h3,5-10,13H,4,11-12,14H2,1-2H3. The number of carbonyl (C=O) groups excluding carboxylic acids is 1. The summed E-state index contributed by atoms with van der Waals surface area (Å²) in [6, 6.07) is 13.6. The molecule has 1 aliphatic heterocycles. The average molecular weight is 395 g/mol. The van der Waals surface area contributed by atoms with Gasteiger partial charge in [-0.05, 0) is 55.1 Å². The van der Waals surface area contributed by atoms with Gasteiger partial charge in [0.1, 0.15) is 10.8 Å². The predicted molar refractivity (Wildman–Crippen MR) is 110 cm³/mol. The first-order chi connectivity index (χ1) is 13.7. The molecule has 3 aromatic rings. The minimum atomic E-state index is 0.0260. The topological polar surface area (TPSA) is 60.2 Å². The number of rotatable bonds is 4. The number of fused-ring (bicyclic) bond motifs is 1. The van der Waals surface area contributed by atoms with Crippen LogP contribution in [0.3, 0.4) is 0 Å². The zero-order chi connectivity index (χ0) is 19.5. The van der Waals surface area contributed by atoms with Crippen molar-refractivity contribution in [1.29, 1.82) is 0 Å². The fourth-order valence-electron chi connectivity index (χ4n) is 3.43. The summed E-state index contributed by atoms with van der Waals surface area (Å²) in [4.78, 5) is 19.3. The molecule has 0 saturated heterocycles. The number of amides is 1. The lowest BCUT2D eigenvalue weighted by Gasteiger charge is -2.20. The van der Waals surface area contributed by atoms with Crippen LogP contribution in [0.2, 0.25) is 0 Å². The zero-order valence-electron chi connectivity index (χ0n) is 16.0. The van der Waals surface area contributed by atoms with E-state index in [0.717, 1.165) is 40.7 Å². The SMILES string of the molecule is COc1ccc(-c2cc3n(n2)CCCN(C(=O)c2cccnc2SC)C3)cc1. The van der Waals surface area contributed by atoms with Gasteiger partial charge in [0.25, 0.3) is 5.91 Å². The molecule has 6 nitrogen and oxygen atoms in total. The Morgan fingerprint density at radius 3 is 2.75 bits per heavy atom. The van der Waals surface area contributed by atoms with E-state index < -0.39 is 0 Å². The number of hydrogen-bond acceptors (Lipinski definition) is 5. The highest BCUT2D eigenvalue weighted by Gasteiger charge is 2.24. The second-order valence-corrected chi connectivity index (χ2v) is 7.41. The first kappa shape index (κ1) is 18.6. The van der Waals surface area contributed by atoms with E-state index in [4.69, 9.17) is 9.84 Å². The summed E-state index contributed by atoms with van der Waals surface area (Å²) in [7, 11) is 1.66.